The fraction of sp³-hybridized carbons (Fsp3) is 0.571. The van der Waals surface area contributed by atoms with Gasteiger partial charge in [0.1, 0.15) is 0 Å². The van der Waals surface area contributed by atoms with E-state index in [1.54, 1.807) is 0 Å². The number of likely N-dealkylation sites (N-methyl/N-ethyl adjacent to an activating group) is 1. The zero-order chi connectivity index (χ0) is 13.1. The second-order valence-corrected chi connectivity index (χ2v) is 5.82. The van der Waals surface area contributed by atoms with Crippen molar-refractivity contribution in [1.82, 2.24) is 4.90 Å². The monoisotopic (exact) mass is 311 g/mol. The Morgan fingerprint density at radius 2 is 2.17 bits per heavy atom. The molecule has 1 unspecified atom stereocenters. The van der Waals surface area contributed by atoms with Crippen LogP contribution in [0.1, 0.15) is 19.4 Å². The Morgan fingerprint density at radius 3 is 2.78 bits per heavy atom. The minimum absolute atomic E-state index is 0.602. The smallest absolute Gasteiger partial charge is 0.0424 e. The van der Waals surface area contributed by atoms with E-state index in [0.29, 0.717) is 12.6 Å². The molecule has 0 radical (unpaired) electrons. The van der Waals surface area contributed by atoms with Crippen molar-refractivity contribution >= 4 is 21.6 Å². The Balaban J connectivity index is 2.19. The number of rotatable bonds is 3. The molecule has 1 aliphatic rings. The molecule has 0 saturated carbocycles. The normalized spacial score (nSPS) is 21.3. The third-order valence-corrected chi connectivity index (χ3v) is 4.27. The van der Waals surface area contributed by atoms with Gasteiger partial charge in [-0.15, -0.1) is 0 Å². The van der Waals surface area contributed by atoms with Gasteiger partial charge in [0, 0.05) is 42.4 Å². The molecule has 0 bridgehead atoms. The maximum absolute atomic E-state index is 5.84. The number of nitrogens with two attached hydrogens (primary N) is 1. The first-order valence-electron chi connectivity index (χ1n) is 6.63. The highest BCUT2D eigenvalue weighted by Gasteiger charge is 2.23. The summed E-state index contributed by atoms with van der Waals surface area (Å²) in [6.07, 6.45) is 0. The van der Waals surface area contributed by atoms with E-state index in [4.69, 9.17) is 5.73 Å². The molecule has 1 aromatic rings. The quantitative estimate of drug-likeness (QED) is 0.930. The molecular formula is C14H22BrN3. The first-order valence-corrected chi connectivity index (χ1v) is 7.42. The van der Waals surface area contributed by atoms with Gasteiger partial charge in [0.15, 0.2) is 0 Å². The van der Waals surface area contributed by atoms with Crippen LogP contribution in [-0.4, -0.2) is 37.1 Å². The molecular weight excluding hydrogens is 290 g/mol. The van der Waals surface area contributed by atoms with Gasteiger partial charge in [-0.3, -0.25) is 4.90 Å². The first-order chi connectivity index (χ1) is 8.65. The van der Waals surface area contributed by atoms with Crippen LogP contribution < -0.4 is 10.6 Å². The van der Waals surface area contributed by atoms with Crippen LogP contribution >= 0.6 is 15.9 Å². The molecule has 1 aromatic carbocycles. The zero-order valence-electron chi connectivity index (χ0n) is 11.2. The molecule has 0 spiro atoms. The van der Waals surface area contributed by atoms with Crippen molar-refractivity contribution in [3.05, 3.63) is 28.2 Å². The van der Waals surface area contributed by atoms with E-state index >= 15 is 0 Å². The molecule has 0 amide bonds. The molecule has 3 nitrogen and oxygen atoms in total. The number of hydrogen-bond donors (Lipinski definition) is 1. The van der Waals surface area contributed by atoms with E-state index < -0.39 is 0 Å². The Kier molecular flexibility index (Phi) is 4.65. The summed E-state index contributed by atoms with van der Waals surface area (Å²) in [7, 11) is 0. The summed E-state index contributed by atoms with van der Waals surface area (Å²) in [6.45, 7) is 9.57. The highest BCUT2D eigenvalue weighted by molar-refractivity contribution is 9.10. The largest absolute Gasteiger partial charge is 0.368 e. The van der Waals surface area contributed by atoms with Crippen LogP contribution in [-0.2, 0) is 6.54 Å². The van der Waals surface area contributed by atoms with Gasteiger partial charge in [-0.25, -0.2) is 0 Å². The van der Waals surface area contributed by atoms with Crippen molar-refractivity contribution in [3.63, 3.8) is 0 Å². The predicted molar refractivity (Wildman–Crippen MR) is 81.0 cm³/mol. The lowest BCUT2D eigenvalue weighted by atomic mass is 10.1. The van der Waals surface area contributed by atoms with Gasteiger partial charge in [0.2, 0.25) is 0 Å². The van der Waals surface area contributed by atoms with Crippen LogP contribution in [0.2, 0.25) is 0 Å². The maximum atomic E-state index is 5.84. The van der Waals surface area contributed by atoms with Crippen LogP contribution in [0.4, 0.5) is 5.69 Å². The number of piperazine rings is 1. The fourth-order valence-corrected chi connectivity index (χ4v) is 3.04. The third-order valence-electron chi connectivity index (χ3n) is 3.78. The molecule has 0 aromatic heterocycles. The number of nitrogens with zero attached hydrogens (tertiary/aromatic N) is 2. The molecule has 4 heteroatoms. The summed E-state index contributed by atoms with van der Waals surface area (Å²) in [6, 6.07) is 6.98. The summed E-state index contributed by atoms with van der Waals surface area (Å²) < 4.78 is 1.13. The molecule has 2 N–H and O–H groups in total. The number of hydrogen-bond acceptors (Lipinski definition) is 3. The Morgan fingerprint density at radius 1 is 1.39 bits per heavy atom. The zero-order valence-corrected chi connectivity index (χ0v) is 12.8. The fourth-order valence-electron chi connectivity index (χ4n) is 2.69. The van der Waals surface area contributed by atoms with E-state index in [1.807, 2.05) is 0 Å². The molecule has 18 heavy (non-hydrogen) atoms. The summed E-state index contributed by atoms with van der Waals surface area (Å²) in [4.78, 5) is 4.99. The number of benzene rings is 1. The average Bonchev–Trinajstić information content (AvgIpc) is 2.38. The van der Waals surface area contributed by atoms with Crippen molar-refractivity contribution in [2.75, 3.05) is 31.1 Å². The van der Waals surface area contributed by atoms with Crippen LogP contribution in [0.25, 0.3) is 0 Å². The maximum Gasteiger partial charge on any atom is 0.0424 e. The van der Waals surface area contributed by atoms with Crippen molar-refractivity contribution in [2.24, 2.45) is 5.73 Å². The van der Waals surface area contributed by atoms with Gasteiger partial charge in [-0.1, -0.05) is 28.9 Å². The Bertz CT molecular complexity index is 408. The van der Waals surface area contributed by atoms with E-state index in [9.17, 15) is 0 Å². The summed E-state index contributed by atoms with van der Waals surface area (Å²) in [5.74, 6) is 0. The molecule has 100 valence electrons. The van der Waals surface area contributed by atoms with Crippen molar-refractivity contribution in [1.29, 1.82) is 0 Å². The topological polar surface area (TPSA) is 32.5 Å². The number of halogens is 1. The average molecular weight is 312 g/mol. The van der Waals surface area contributed by atoms with Gasteiger partial charge in [-0.05, 0) is 31.2 Å². The standard InChI is InChI=1S/C14H22BrN3/c1-3-17-6-7-18(10-11(17)2)14-8-13(15)5-4-12(14)9-16/h4-5,8,11H,3,6-7,9-10,16H2,1-2H3. The second-order valence-electron chi connectivity index (χ2n) is 4.90. The lowest BCUT2D eigenvalue weighted by Crippen LogP contribution is -2.52. The van der Waals surface area contributed by atoms with Crippen LogP contribution in [0, 0.1) is 0 Å². The van der Waals surface area contributed by atoms with Crippen LogP contribution in [0.3, 0.4) is 0 Å². The van der Waals surface area contributed by atoms with Crippen molar-refractivity contribution in [2.45, 2.75) is 26.4 Å². The van der Waals surface area contributed by atoms with E-state index in [1.165, 1.54) is 11.3 Å². The lowest BCUT2D eigenvalue weighted by Gasteiger charge is -2.41. The Labute approximate surface area is 118 Å². The highest BCUT2D eigenvalue weighted by atomic mass is 79.9. The Hall–Kier alpha value is -0.580. The van der Waals surface area contributed by atoms with Gasteiger partial charge in [0.25, 0.3) is 0 Å². The summed E-state index contributed by atoms with van der Waals surface area (Å²) in [5, 5.41) is 0. The molecule has 1 atom stereocenters. The number of anilines is 1. The molecule has 1 heterocycles. The summed E-state index contributed by atoms with van der Waals surface area (Å²) in [5.41, 5.74) is 8.36. The molecule has 2 rings (SSSR count). The SMILES string of the molecule is CCN1CCN(c2cc(Br)ccc2CN)CC1C. The molecule has 0 aliphatic carbocycles. The van der Waals surface area contributed by atoms with E-state index in [-0.39, 0.29) is 0 Å². The third kappa shape index (κ3) is 2.87. The minimum atomic E-state index is 0.602. The first kappa shape index (κ1) is 13.8. The van der Waals surface area contributed by atoms with Gasteiger partial charge >= 0.3 is 0 Å². The van der Waals surface area contributed by atoms with Crippen LogP contribution in [0.15, 0.2) is 22.7 Å². The molecule has 1 fully saturated rings. The molecule has 1 aliphatic heterocycles. The highest BCUT2D eigenvalue weighted by Crippen LogP contribution is 2.27. The van der Waals surface area contributed by atoms with Crippen LogP contribution in [0.5, 0.6) is 0 Å². The van der Waals surface area contributed by atoms with E-state index in [0.717, 1.165) is 30.7 Å². The van der Waals surface area contributed by atoms with Gasteiger partial charge in [-0.2, -0.15) is 0 Å². The van der Waals surface area contributed by atoms with E-state index in [2.05, 4.69) is 57.8 Å². The van der Waals surface area contributed by atoms with Crippen molar-refractivity contribution < 1.29 is 0 Å². The molecule has 1 saturated heterocycles. The predicted octanol–water partition coefficient (Wildman–Crippen LogP) is 2.44. The minimum Gasteiger partial charge on any atom is -0.368 e. The second kappa shape index (κ2) is 6.04. The van der Waals surface area contributed by atoms with Gasteiger partial charge in [0.05, 0.1) is 0 Å². The van der Waals surface area contributed by atoms with Crippen molar-refractivity contribution in [3.8, 4) is 0 Å². The summed E-state index contributed by atoms with van der Waals surface area (Å²) >= 11 is 3.55. The van der Waals surface area contributed by atoms with Gasteiger partial charge < -0.3 is 10.6 Å². The lowest BCUT2D eigenvalue weighted by molar-refractivity contribution is 0.199.